The van der Waals surface area contributed by atoms with Crippen molar-refractivity contribution in [1.82, 2.24) is 0 Å². The Morgan fingerprint density at radius 1 is 1.19 bits per heavy atom. The van der Waals surface area contributed by atoms with E-state index in [1.54, 1.807) is 6.92 Å². The highest BCUT2D eigenvalue weighted by Gasteiger charge is 2.32. The highest BCUT2D eigenvalue weighted by atomic mass is 79.9. The first kappa shape index (κ1) is 15.6. The van der Waals surface area contributed by atoms with E-state index < -0.39 is 11.5 Å². The van der Waals surface area contributed by atoms with Gasteiger partial charge in [-0.1, -0.05) is 52.3 Å². The van der Waals surface area contributed by atoms with Crippen LogP contribution in [0.5, 0.6) is 0 Å². The summed E-state index contributed by atoms with van der Waals surface area (Å²) in [6.45, 7) is 1.72. The molecule has 2 aromatic rings. The molecule has 2 aromatic carbocycles. The van der Waals surface area contributed by atoms with Gasteiger partial charge < -0.3 is 10.4 Å². The smallest absolute Gasteiger partial charge is 0.329 e. The van der Waals surface area contributed by atoms with Gasteiger partial charge in [0.1, 0.15) is 5.54 Å². The number of carboxylic acid groups (broad SMARTS) is 1. The number of aryl methyl sites for hydroxylation is 1. The quantitative estimate of drug-likeness (QED) is 0.817. The Morgan fingerprint density at radius 2 is 1.90 bits per heavy atom. The molecule has 21 heavy (non-hydrogen) atoms. The summed E-state index contributed by atoms with van der Waals surface area (Å²) < 4.78 is 0.920. The third-order valence-electron chi connectivity index (χ3n) is 3.47. The molecule has 0 bridgehead atoms. The molecule has 0 radical (unpaired) electrons. The molecule has 0 aromatic heterocycles. The lowest BCUT2D eigenvalue weighted by Crippen LogP contribution is -2.43. The molecular formula is C17H18BrNO2. The van der Waals surface area contributed by atoms with Gasteiger partial charge in [-0.25, -0.2) is 4.79 Å². The summed E-state index contributed by atoms with van der Waals surface area (Å²) in [5.74, 6) is -0.849. The molecular weight excluding hydrogens is 330 g/mol. The van der Waals surface area contributed by atoms with Crippen LogP contribution >= 0.6 is 15.9 Å². The minimum absolute atomic E-state index is 0.513. The number of hydrogen-bond donors (Lipinski definition) is 2. The maximum atomic E-state index is 11.7. The Labute approximate surface area is 133 Å². The molecule has 1 atom stereocenters. The highest BCUT2D eigenvalue weighted by Crippen LogP contribution is 2.23. The number of nitrogens with one attached hydrogen (secondary N) is 1. The Balaban J connectivity index is 2.11. The Bertz CT molecular complexity index is 615. The second kappa shape index (κ2) is 6.76. The van der Waals surface area contributed by atoms with E-state index in [1.807, 2.05) is 54.6 Å². The zero-order valence-corrected chi connectivity index (χ0v) is 13.4. The van der Waals surface area contributed by atoms with E-state index in [0.29, 0.717) is 12.8 Å². The number of aliphatic carboxylic acids is 1. The van der Waals surface area contributed by atoms with Gasteiger partial charge in [0.25, 0.3) is 0 Å². The maximum Gasteiger partial charge on any atom is 0.329 e. The fraction of sp³-hybridized carbons (Fsp3) is 0.235. The molecule has 0 aliphatic rings. The van der Waals surface area contributed by atoms with Crippen molar-refractivity contribution in [1.29, 1.82) is 0 Å². The number of anilines is 1. The minimum atomic E-state index is -1.00. The van der Waals surface area contributed by atoms with E-state index in [-0.39, 0.29) is 0 Å². The van der Waals surface area contributed by atoms with Gasteiger partial charge in [-0.3, -0.25) is 0 Å². The monoisotopic (exact) mass is 347 g/mol. The highest BCUT2D eigenvalue weighted by molar-refractivity contribution is 9.10. The van der Waals surface area contributed by atoms with Gasteiger partial charge in [0.15, 0.2) is 0 Å². The van der Waals surface area contributed by atoms with Crippen molar-refractivity contribution >= 4 is 27.6 Å². The van der Waals surface area contributed by atoms with Crippen LogP contribution in [0.4, 0.5) is 5.69 Å². The first-order valence-corrected chi connectivity index (χ1v) is 7.60. The van der Waals surface area contributed by atoms with E-state index in [4.69, 9.17) is 0 Å². The minimum Gasteiger partial charge on any atom is -0.480 e. The van der Waals surface area contributed by atoms with Crippen LogP contribution in [0, 0.1) is 0 Å². The van der Waals surface area contributed by atoms with Crippen LogP contribution in [-0.2, 0) is 11.2 Å². The fourth-order valence-corrected chi connectivity index (χ4v) is 2.55. The maximum absolute atomic E-state index is 11.7. The summed E-state index contributed by atoms with van der Waals surface area (Å²) in [6, 6.07) is 17.5. The summed E-state index contributed by atoms with van der Waals surface area (Å²) in [5, 5.41) is 12.7. The number of rotatable bonds is 6. The molecule has 0 amide bonds. The van der Waals surface area contributed by atoms with Crippen LogP contribution in [0.2, 0.25) is 0 Å². The molecule has 0 fully saturated rings. The van der Waals surface area contributed by atoms with Gasteiger partial charge in [-0.15, -0.1) is 0 Å². The van der Waals surface area contributed by atoms with Crippen LogP contribution in [0.1, 0.15) is 18.9 Å². The van der Waals surface area contributed by atoms with E-state index >= 15 is 0 Å². The van der Waals surface area contributed by atoms with Crippen molar-refractivity contribution in [3.63, 3.8) is 0 Å². The zero-order chi connectivity index (χ0) is 15.3. The summed E-state index contributed by atoms with van der Waals surface area (Å²) in [7, 11) is 0. The second-order valence-corrected chi connectivity index (χ2v) is 6.17. The number of halogens is 1. The standard InChI is InChI=1S/C17H18BrNO2/c1-17(16(20)21,11-10-13-6-3-2-4-7-13)19-15-9-5-8-14(18)12-15/h2-9,12,19H,10-11H2,1H3,(H,20,21). The zero-order valence-electron chi connectivity index (χ0n) is 11.8. The third kappa shape index (κ3) is 4.33. The second-order valence-electron chi connectivity index (χ2n) is 5.26. The molecule has 2 N–H and O–H groups in total. The predicted octanol–water partition coefficient (Wildman–Crippen LogP) is 4.34. The Hall–Kier alpha value is -1.81. The topological polar surface area (TPSA) is 49.3 Å². The molecule has 0 saturated carbocycles. The normalized spacial score (nSPS) is 13.4. The lowest BCUT2D eigenvalue weighted by atomic mass is 9.93. The van der Waals surface area contributed by atoms with Gasteiger partial charge in [0.05, 0.1) is 0 Å². The van der Waals surface area contributed by atoms with Crippen LogP contribution in [-0.4, -0.2) is 16.6 Å². The van der Waals surface area contributed by atoms with Crippen molar-refractivity contribution in [3.8, 4) is 0 Å². The summed E-state index contributed by atoms with van der Waals surface area (Å²) in [6.07, 6.45) is 1.23. The molecule has 0 aliphatic carbocycles. The van der Waals surface area contributed by atoms with Crippen molar-refractivity contribution in [2.45, 2.75) is 25.3 Å². The number of carbonyl (C=O) groups is 1. The lowest BCUT2D eigenvalue weighted by molar-refractivity contribution is -0.141. The Morgan fingerprint density at radius 3 is 2.52 bits per heavy atom. The predicted molar refractivity (Wildman–Crippen MR) is 88.6 cm³/mol. The van der Waals surface area contributed by atoms with Crippen LogP contribution in [0.25, 0.3) is 0 Å². The lowest BCUT2D eigenvalue weighted by Gasteiger charge is -2.27. The van der Waals surface area contributed by atoms with E-state index in [0.717, 1.165) is 15.7 Å². The molecule has 0 spiro atoms. The number of benzene rings is 2. The van der Waals surface area contributed by atoms with Gasteiger partial charge in [0.2, 0.25) is 0 Å². The van der Waals surface area contributed by atoms with Crippen molar-refractivity contribution < 1.29 is 9.90 Å². The average molecular weight is 348 g/mol. The molecule has 0 saturated heterocycles. The summed E-state index contributed by atoms with van der Waals surface area (Å²) in [4.78, 5) is 11.7. The fourth-order valence-electron chi connectivity index (χ4n) is 2.15. The number of carboxylic acids is 1. The van der Waals surface area contributed by atoms with Crippen molar-refractivity contribution in [3.05, 3.63) is 64.6 Å². The van der Waals surface area contributed by atoms with Crippen LogP contribution in [0.3, 0.4) is 0 Å². The molecule has 0 aliphatic heterocycles. The van der Waals surface area contributed by atoms with Crippen molar-refractivity contribution in [2.24, 2.45) is 0 Å². The summed E-state index contributed by atoms with van der Waals surface area (Å²) >= 11 is 3.39. The third-order valence-corrected chi connectivity index (χ3v) is 3.97. The van der Waals surface area contributed by atoms with Gasteiger partial charge >= 0.3 is 5.97 Å². The van der Waals surface area contributed by atoms with Gasteiger partial charge in [-0.2, -0.15) is 0 Å². The average Bonchev–Trinajstić information content (AvgIpc) is 2.46. The summed E-state index contributed by atoms with van der Waals surface area (Å²) in [5.41, 5.74) is 0.930. The molecule has 0 heterocycles. The first-order valence-electron chi connectivity index (χ1n) is 6.81. The molecule has 3 nitrogen and oxygen atoms in total. The van der Waals surface area contributed by atoms with Crippen molar-refractivity contribution in [2.75, 3.05) is 5.32 Å². The molecule has 1 unspecified atom stereocenters. The van der Waals surface area contributed by atoms with Gasteiger partial charge in [-0.05, 0) is 43.5 Å². The molecule has 4 heteroatoms. The largest absolute Gasteiger partial charge is 0.480 e. The van der Waals surface area contributed by atoms with E-state index in [2.05, 4.69) is 21.2 Å². The molecule has 110 valence electrons. The SMILES string of the molecule is CC(CCc1ccccc1)(Nc1cccc(Br)c1)C(=O)O. The number of hydrogen-bond acceptors (Lipinski definition) is 2. The van der Waals surface area contributed by atoms with Gasteiger partial charge in [0, 0.05) is 10.2 Å². The Kier molecular flexibility index (Phi) is 5.02. The van der Waals surface area contributed by atoms with E-state index in [9.17, 15) is 9.90 Å². The molecule has 2 rings (SSSR count). The van der Waals surface area contributed by atoms with Crippen LogP contribution < -0.4 is 5.32 Å². The van der Waals surface area contributed by atoms with E-state index in [1.165, 1.54) is 0 Å². The first-order chi connectivity index (χ1) is 9.99. The van der Waals surface area contributed by atoms with Crippen LogP contribution in [0.15, 0.2) is 59.1 Å².